The second-order valence-electron chi connectivity index (χ2n) is 6.28. The Kier molecular flexibility index (Phi) is 7.97. The smallest absolute Gasteiger partial charge is 0.198 e. The van der Waals surface area contributed by atoms with E-state index in [0.29, 0.717) is 0 Å². The minimum atomic E-state index is -4.94. The monoisotopic (exact) mass is 408 g/mol. The van der Waals surface area contributed by atoms with Crippen molar-refractivity contribution in [1.82, 2.24) is 5.01 Å². The molecule has 0 aliphatic carbocycles. The molecule has 8 heteroatoms. The number of hydrogen-bond acceptors (Lipinski definition) is 6. The molecule has 28 heavy (non-hydrogen) atoms. The molecule has 0 saturated carbocycles. The van der Waals surface area contributed by atoms with Crippen LogP contribution in [0.2, 0.25) is 0 Å². The largest absolute Gasteiger partial charge is 0.493 e. The predicted molar refractivity (Wildman–Crippen MR) is 93.4 cm³/mol. The lowest BCUT2D eigenvalue weighted by atomic mass is 10.0. The molecule has 3 rings (SSSR count). The van der Waals surface area contributed by atoms with E-state index >= 15 is 0 Å². The number of benzene rings is 2. The van der Waals surface area contributed by atoms with Crippen LogP contribution in [0.4, 0.5) is 0 Å². The average molecular weight is 409 g/mol. The first-order chi connectivity index (χ1) is 13.3. The van der Waals surface area contributed by atoms with Crippen molar-refractivity contribution < 1.29 is 38.6 Å². The summed E-state index contributed by atoms with van der Waals surface area (Å²) >= 11 is 0. The first-order valence-electron chi connectivity index (χ1n) is 8.88. The Balaban J connectivity index is 0.000000500. The lowest BCUT2D eigenvalue weighted by molar-refractivity contribution is -2.00. The van der Waals surface area contributed by atoms with E-state index in [-0.39, 0.29) is 6.04 Å². The van der Waals surface area contributed by atoms with Crippen molar-refractivity contribution >= 4 is 5.70 Å². The fourth-order valence-electron chi connectivity index (χ4n) is 3.47. The van der Waals surface area contributed by atoms with Gasteiger partial charge in [0.05, 0.1) is 14.2 Å². The third-order valence-electron chi connectivity index (χ3n) is 4.46. The number of rotatable bonds is 5. The summed E-state index contributed by atoms with van der Waals surface area (Å²) in [4.78, 5) is 0. The van der Waals surface area contributed by atoms with Gasteiger partial charge in [-0.3, -0.25) is 0 Å². The Bertz CT molecular complexity index is 759. The molecule has 1 heterocycles. The molecule has 0 amide bonds. The summed E-state index contributed by atoms with van der Waals surface area (Å²) in [6.45, 7) is 3.25. The molecule has 2 atom stereocenters. The van der Waals surface area contributed by atoms with Gasteiger partial charge in [0.2, 0.25) is 0 Å². The van der Waals surface area contributed by atoms with E-state index in [1.165, 1.54) is 21.8 Å². The number of methoxy groups -OCH3 is 1. The van der Waals surface area contributed by atoms with Gasteiger partial charge in [0, 0.05) is 12.1 Å². The van der Waals surface area contributed by atoms with Gasteiger partial charge in [-0.25, -0.2) is 23.6 Å². The zero-order valence-electron chi connectivity index (χ0n) is 16.1. The van der Waals surface area contributed by atoms with Gasteiger partial charge in [0.25, 0.3) is 0 Å². The van der Waals surface area contributed by atoms with Crippen molar-refractivity contribution in [2.45, 2.75) is 19.4 Å². The van der Waals surface area contributed by atoms with E-state index in [2.05, 4.69) is 79.6 Å². The molecule has 7 nitrogen and oxygen atoms in total. The van der Waals surface area contributed by atoms with Gasteiger partial charge in [-0.2, -0.15) is 0 Å². The van der Waals surface area contributed by atoms with E-state index in [1.807, 2.05) is 0 Å². The molecular weight excluding hydrogens is 384 g/mol. The van der Waals surface area contributed by atoms with Gasteiger partial charge in [-0.1, -0.05) is 55.5 Å². The van der Waals surface area contributed by atoms with Crippen LogP contribution >= 0.6 is 0 Å². The molecule has 0 radical (unpaired) electrons. The second kappa shape index (κ2) is 9.99. The summed E-state index contributed by atoms with van der Waals surface area (Å²) in [6, 6.07) is 21.4. The fraction of sp³-hybridized carbons (Fsp3) is 0.300. The lowest BCUT2D eigenvalue weighted by Crippen LogP contribution is -3.11. The predicted octanol–water partition coefficient (Wildman–Crippen LogP) is -1.86. The Morgan fingerprint density at radius 1 is 0.964 bits per heavy atom. The van der Waals surface area contributed by atoms with Crippen LogP contribution in [0.1, 0.15) is 30.5 Å². The fourth-order valence-corrected chi connectivity index (χ4v) is 3.47. The van der Waals surface area contributed by atoms with Crippen molar-refractivity contribution in [2.75, 3.05) is 20.7 Å². The standard InChI is InChI=1S/C20H24N2O.ClHO4/c1-4-15-22-19(17-13-9-6-10-14-17)20(23-3)18(21(22)2)16-11-7-5-8-12-16;2-1(3,4)5/h5-14,19H,4,15H2,1-3H3;(H,2,3,4,5). The van der Waals surface area contributed by atoms with Gasteiger partial charge < -0.3 is 4.74 Å². The molecule has 0 aromatic heterocycles. The molecule has 1 aliphatic heterocycles. The number of nitrogens with one attached hydrogen (secondary N) is 1. The average Bonchev–Trinajstić information content (AvgIpc) is 2.94. The van der Waals surface area contributed by atoms with Crippen LogP contribution in [-0.2, 0) is 4.74 Å². The molecule has 0 fully saturated rings. The molecule has 2 aromatic carbocycles. The molecule has 2 aromatic rings. The van der Waals surface area contributed by atoms with Gasteiger partial charge in [0.15, 0.2) is 11.5 Å². The molecular formula is C20H25ClN2O5. The minimum absolute atomic E-state index is 0.163. The third kappa shape index (κ3) is 5.76. The number of halogens is 1. The van der Waals surface area contributed by atoms with Crippen LogP contribution in [-0.4, -0.2) is 25.7 Å². The zero-order chi connectivity index (χ0) is 20.7. The van der Waals surface area contributed by atoms with Gasteiger partial charge in [-0.05, 0) is 24.1 Å². The van der Waals surface area contributed by atoms with E-state index in [0.717, 1.165) is 18.7 Å². The highest BCUT2D eigenvalue weighted by molar-refractivity contribution is 5.63. The van der Waals surface area contributed by atoms with Crippen molar-refractivity contribution in [3.8, 4) is 0 Å². The first-order valence-corrected chi connectivity index (χ1v) is 10.1. The molecule has 2 unspecified atom stereocenters. The van der Waals surface area contributed by atoms with Crippen LogP contribution in [0.15, 0.2) is 66.4 Å². The Morgan fingerprint density at radius 2 is 1.46 bits per heavy atom. The molecule has 1 aliphatic rings. The highest BCUT2D eigenvalue weighted by Gasteiger charge is 2.44. The summed E-state index contributed by atoms with van der Waals surface area (Å²) in [7, 11) is -0.948. The van der Waals surface area contributed by atoms with Crippen molar-refractivity contribution in [3.05, 3.63) is 77.5 Å². The van der Waals surface area contributed by atoms with Crippen LogP contribution in [0.5, 0.6) is 0 Å². The van der Waals surface area contributed by atoms with Gasteiger partial charge in [0.1, 0.15) is 6.04 Å². The van der Waals surface area contributed by atoms with Crippen LogP contribution < -0.4 is 23.6 Å². The topological polar surface area (TPSA) is 109 Å². The maximum atomic E-state index is 8.49. The maximum Gasteiger partial charge on any atom is 0.198 e. The van der Waals surface area contributed by atoms with Crippen LogP contribution in [0.3, 0.4) is 0 Å². The van der Waals surface area contributed by atoms with E-state index < -0.39 is 10.2 Å². The first kappa shape index (κ1) is 22.3. The molecule has 0 bridgehead atoms. The minimum Gasteiger partial charge on any atom is -0.493 e. The Labute approximate surface area is 167 Å². The zero-order valence-corrected chi connectivity index (χ0v) is 16.9. The second-order valence-corrected chi connectivity index (χ2v) is 7.04. The molecule has 0 spiro atoms. The summed E-state index contributed by atoms with van der Waals surface area (Å²) in [5, 5.41) is 3.76. The number of nitrogens with zero attached hydrogens (tertiary/aromatic N) is 1. The van der Waals surface area contributed by atoms with E-state index in [1.54, 1.807) is 7.11 Å². The van der Waals surface area contributed by atoms with Crippen molar-refractivity contribution in [2.24, 2.45) is 0 Å². The summed E-state index contributed by atoms with van der Waals surface area (Å²) < 4.78 is 39.9. The number of hydrogen-bond donors (Lipinski definition) is 1. The van der Waals surface area contributed by atoms with E-state index in [9.17, 15) is 0 Å². The van der Waals surface area contributed by atoms with Crippen LogP contribution in [0.25, 0.3) is 5.70 Å². The normalized spacial score (nSPS) is 20.0. The molecule has 0 saturated heterocycles. The summed E-state index contributed by atoms with van der Waals surface area (Å²) in [5.74, 6) is 1.05. The quantitative estimate of drug-likeness (QED) is 0.621. The van der Waals surface area contributed by atoms with Crippen molar-refractivity contribution in [3.63, 3.8) is 0 Å². The Morgan fingerprint density at radius 3 is 1.93 bits per heavy atom. The van der Waals surface area contributed by atoms with Crippen LogP contribution in [0, 0.1) is 10.2 Å². The lowest BCUT2D eigenvalue weighted by Gasteiger charge is -2.27. The number of ether oxygens (including phenoxy) is 1. The number of quaternary nitrogens is 1. The Hall–Kier alpha value is -1.97. The highest BCUT2D eigenvalue weighted by Crippen LogP contribution is 2.35. The summed E-state index contributed by atoms with van der Waals surface area (Å²) in [6.07, 6.45) is 1.11. The van der Waals surface area contributed by atoms with Gasteiger partial charge in [-0.15, -0.1) is 15.3 Å². The van der Waals surface area contributed by atoms with E-state index in [4.69, 9.17) is 23.4 Å². The third-order valence-corrected chi connectivity index (χ3v) is 4.46. The SMILES string of the molecule is CCCN1C(c2ccccc2)C(OC)=C(c2ccccc2)[NH+]1C.[O-][Cl+3]([O-])([O-])[O-]. The summed E-state index contributed by atoms with van der Waals surface area (Å²) in [5.41, 5.74) is 3.74. The van der Waals surface area contributed by atoms with Gasteiger partial charge >= 0.3 is 0 Å². The maximum absolute atomic E-state index is 8.49. The highest BCUT2D eigenvalue weighted by atomic mass is 35.7. The molecule has 152 valence electrons. The van der Waals surface area contributed by atoms with Crippen molar-refractivity contribution in [1.29, 1.82) is 0 Å². The molecule has 1 N–H and O–H groups in total.